The van der Waals surface area contributed by atoms with Crippen molar-refractivity contribution in [1.29, 1.82) is 0 Å². The number of anilines is 1. The third kappa shape index (κ3) is 3.89. The predicted molar refractivity (Wildman–Crippen MR) is 84.2 cm³/mol. The molecule has 3 nitrogen and oxygen atoms in total. The van der Waals surface area contributed by atoms with Crippen molar-refractivity contribution in [3.05, 3.63) is 23.2 Å². The molecule has 0 radical (unpaired) electrons. The van der Waals surface area contributed by atoms with Crippen LogP contribution < -0.4 is 5.32 Å². The molecule has 0 spiro atoms. The Morgan fingerprint density at radius 1 is 1.35 bits per heavy atom. The molecule has 0 amide bonds. The summed E-state index contributed by atoms with van der Waals surface area (Å²) in [5.74, 6) is 0.762. The molecule has 0 bridgehead atoms. The van der Waals surface area contributed by atoms with E-state index in [1.54, 1.807) is 18.2 Å². The van der Waals surface area contributed by atoms with Crippen LogP contribution in [0.5, 0.6) is 0 Å². The van der Waals surface area contributed by atoms with Crippen LogP contribution in [0.4, 0.5) is 5.69 Å². The van der Waals surface area contributed by atoms with E-state index in [0.717, 1.165) is 24.4 Å². The largest absolute Gasteiger partial charge is 0.381 e. The fourth-order valence-electron chi connectivity index (χ4n) is 2.86. The van der Waals surface area contributed by atoms with Crippen LogP contribution in [0, 0.1) is 5.92 Å². The maximum atomic E-state index is 11.6. The Kier molecular flexibility index (Phi) is 4.97. The Hall–Kier alpha value is -0.740. The minimum absolute atomic E-state index is 0.312. The van der Waals surface area contributed by atoms with Gasteiger partial charge in [0.05, 0.1) is 15.6 Å². The third-order valence-corrected chi connectivity index (χ3v) is 5.53. The Morgan fingerprint density at radius 3 is 2.75 bits per heavy atom. The highest BCUT2D eigenvalue weighted by molar-refractivity contribution is 7.90. The summed E-state index contributed by atoms with van der Waals surface area (Å²) >= 11 is 6.18. The van der Waals surface area contributed by atoms with Gasteiger partial charge >= 0.3 is 0 Å². The molecule has 1 aromatic carbocycles. The van der Waals surface area contributed by atoms with E-state index in [9.17, 15) is 8.42 Å². The lowest BCUT2D eigenvalue weighted by Crippen LogP contribution is -2.27. The molecule has 112 valence electrons. The van der Waals surface area contributed by atoms with Crippen LogP contribution in [0.25, 0.3) is 0 Å². The summed E-state index contributed by atoms with van der Waals surface area (Å²) in [5, 5.41) is 4.01. The number of halogens is 1. The van der Waals surface area contributed by atoms with Gasteiger partial charge in [-0.1, -0.05) is 37.8 Å². The van der Waals surface area contributed by atoms with E-state index in [0.29, 0.717) is 16.0 Å². The summed E-state index contributed by atoms with van der Waals surface area (Å²) in [5.41, 5.74) is 0.733. The van der Waals surface area contributed by atoms with E-state index in [2.05, 4.69) is 12.2 Å². The lowest BCUT2D eigenvalue weighted by atomic mass is 9.84. The van der Waals surface area contributed by atoms with Crippen molar-refractivity contribution in [1.82, 2.24) is 0 Å². The molecule has 20 heavy (non-hydrogen) atoms. The summed E-state index contributed by atoms with van der Waals surface area (Å²) in [6.07, 6.45) is 7.19. The van der Waals surface area contributed by atoms with Crippen LogP contribution >= 0.6 is 11.6 Å². The van der Waals surface area contributed by atoms with Crippen LogP contribution in [0.1, 0.15) is 39.0 Å². The van der Waals surface area contributed by atoms with Gasteiger partial charge in [-0.3, -0.25) is 0 Å². The van der Waals surface area contributed by atoms with Gasteiger partial charge in [0.1, 0.15) is 0 Å². The van der Waals surface area contributed by atoms with Crippen LogP contribution in [0.15, 0.2) is 23.1 Å². The zero-order chi connectivity index (χ0) is 14.8. The molecule has 0 aliphatic heterocycles. The molecule has 0 aromatic heterocycles. The van der Waals surface area contributed by atoms with E-state index in [4.69, 9.17) is 11.6 Å². The van der Waals surface area contributed by atoms with Crippen molar-refractivity contribution in [3.8, 4) is 0 Å². The van der Waals surface area contributed by atoms with Crippen molar-refractivity contribution >= 4 is 27.1 Å². The minimum Gasteiger partial charge on any atom is -0.381 e. The van der Waals surface area contributed by atoms with Crippen molar-refractivity contribution in [3.63, 3.8) is 0 Å². The number of rotatable bonds is 4. The molecular weight excluding hydrogens is 294 g/mol. The molecule has 0 saturated heterocycles. The summed E-state index contributed by atoms with van der Waals surface area (Å²) in [4.78, 5) is 0.312. The molecule has 1 saturated carbocycles. The normalized spacial score (nSPS) is 23.6. The van der Waals surface area contributed by atoms with Gasteiger partial charge in [-0.15, -0.1) is 0 Å². The highest BCUT2D eigenvalue weighted by atomic mass is 35.5. The summed E-state index contributed by atoms with van der Waals surface area (Å²) in [6, 6.07) is 5.24. The fraction of sp³-hybridized carbons (Fsp3) is 0.600. The maximum Gasteiger partial charge on any atom is 0.175 e. The lowest BCUT2D eigenvalue weighted by molar-refractivity contribution is 0.327. The first kappa shape index (κ1) is 15.6. The molecule has 1 N–H and O–H groups in total. The molecular formula is C15H22ClNO2S. The van der Waals surface area contributed by atoms with Gasteiger partial charge in [0.2, 0.25) is 0 Å². The first-order valence-corrected chi connectivity index (χ1v) is 9.43. The average Bonchev–Trinajstić information content (AvgIpc) is 2.40. The van der Waals surface area contributed by atoms with Gasteiger partial charge in [-0.05, 0) is 37.0 Å². The summed E-state index contributed by atoms with van der Waals surface area (Å²) < 4.78 is 23.2. The molecule has 1 aliphatic carbocycles. The van der Waals surface area contributed by atoms with Crippen LogP contribution in [-0.4, -0.2) is 20.7 Å². The van der Waals surface area contributed by atoms with Crippen LogP contribution in [0.3, 0.4) is 0 Å². The monoisotopic (exact) mass is 315 g/mol. The highest BCUT2D eigenvalue weighted by Crippen LogP contribution is 2.31. The van der Waals surface area contributed by atoms with Gasteiger partial charge in [-0.25, -0.2) is 8.42 Å². The Bertz CT molecular complexity index is 571. The number of nitrogens with one attached hydrogen (secondary N) is 1. The molecule has 0 heterocycles. The fourth-order valence-corrected chi connectivity index (χ4v) is 3.68. The van der Waals surface area contributed by atoms with Gasteiger partial charge in [0, 0.05) is 12.3 Å². The quantitative estimate of drug-likeness (QED) is 0.909. The third-order valence-electron chi connectivity index (χ3n) is 4.09. The first-order chi connectivity index (χ1) is 9.40. The molecule has 5 heteroatoms. The number of hydrogen-bond acceptors (Lipinski definition) is 3. The van der Waals surface area contributed by atoms with E-state index in [1.165, 1.54) is 25.5 Å². The number of benzene rings is 1. The number of hydrogen-bond donors (Lipinski definition) is 1. The zero-order valence-corrected chi connectivity index (χ0v) is 13.6. The van der Waals surface area contributed by atoms with E-state index in [-0.39, 0.29) is 0 Å². The Labute approximate surface area is 126 Å². The van der Waals surface area contributed by atoms with Crippen molar-refractivity contribution in [2.24, 2.45) is 5.92 Å². The second-order valence-electron chi connectivity index (χ2n) is 5.70. The second-order valence-corrected chi connectivity index (χ2v) is 8.12. The molecule has 2 unspecified atom stereocenters. The topological polar surface area (TPSA) is 46.2 Å². The molecule has 1 fully saturated rings. The van der Waals surface area contributed by atoms with Crippen molar-refractivity contribution in [2.45, 2.75) is 50.0 Å². The van der Waals surface area contributed by atoms with Gasteiger partial charge in [-0.2, -0.15) is 0 Å². The van der Waals surface area contributed by atoms with Crippen molar-refractivity contribution < 1.29 is 8.42 Å². The van der Waals surface area contributed by atoms with E-state index >= 15 is 0 Å². The van der Waals surface area contributed by atoms with Gasteiger partial charge < -0.3 is 5.32 Å². The maximum absolute atomic E-state index is 11.6. The Morgan fingerprint density at radius 2 is 2.10 bits per heavy atom. The molecule has 2 rings (SSSR count). The highest BCUT2D eigenvalue weighted by Gasteiger charge is 2.21. The SMILES string of the molecule is CCC1CCCC(Nc2cc(S(C)(=O)=O)ccc2Cl)C1. The van der Waals surface area contributed by atoms with Crippen LogP contribution in [-0.2, 0) is 9.84 Å². The summed E-state index contributed by atoms with van der Waals surface area (Å²) in [6.45, 7) is 2.23. The van der Waals surface area contributed by atoms with Crippen molar-refractivity contribution in [2.75, 3.05) is 11.6 Å². The second kappa shape index (κ2) is 6.35. The van der Waals surface area contributed by atoms with E-state index < -0.39 is 9.84 Å². The van der Waals surface area contributed by atoms with E-state index in [1.807, 2.05) is 0 Å². The zero-order valence-electron chi connectivity index (χ0n) is 12.0. The molecule has 1 aromatic rings. The molecule has 1 aliphatic rings. The molecule has 2 atom stereocenters. The summed E-state index contributed by atoms with van der Waals surface area (Å²) in [7, 11) is -3.20. The lowest BCUT2D eigenvalue weighted by Gasteiger charge is -2.30. The van der Waals surface area contributed by atoms with Gasteiger partial charge in [0.25, 0.3) is 0 Å². The van der Waals surface area contributed by atoms with Crippen LogP contribution in [0.2, 0.25) is 5.02 Å². The minimum atomic E-state index is -3.20. The smallest absolute Gasteiger partial charge is 0.175 e. The predicted octanol–water partition coefficient (Wildman–Crippen LogP) is 4.12. The first-order valence-electron chi connectivity index (χ1n) is 7.16. The standard InChI is InChI=1S/C15H22ClNO2S/c1-3-11-5-4-6-12(9-11)17-15-10-13(20(2,18)19)7-8-14(15)16/h7-8,10-12,17H,3-6,9H2,1-2H3. The van der Waals surface area contributed by atoms with Gasteiger partial charge in [0.15, 0.2) is 9.84 Å². The Balaban J connectivity index is 2.16. The average molecular weight is 316 g/mol. The number of sulfone groups is 1.